The molecule has 0 aliphatic rings. The molecule has 0 amide bonds. The smallest absolute Gasteiger partial charge is 0.381 e. The van der Waals surface area contributed by atoms with Crippen LogP contribution in [0.3, 0.4) is 0 Å². The van der Waals surface area contributed by atoms with Gasteiger partial charge in [0.15, 0.2) is 0 Å². The van der Waals surface area contributed by atoms with Crippen molar-refractivity contribution in [2.75, 3.05) is 19.8 Å². The van der Waals surface area contributed by atoms with Gasteiger partial charge in [0, 0.05) is 13.2 Å². The summed E-state index contributed by atoms with van der Waals surface area (Å²) < 4.78 is 20.8. The lowest BCUT2D eigenvalue weighted by Crippen LogP contribution is -2.13. The van der Waals surface area contributed by atoms with Crippen molar-refractivity contribution in [1.29, 1.82) is 0 Å². The Balaban J connectivity index is 3.50. The fourth-order valence-electron chi connectivity index (χ4n) is 2.63. The predicted molar refractivity (Wildman–Crippen MR) is 99.0 cm³/mol. The molecule has 0 aliphatic carbocycles. The second-order valence-electron chi connectivity index (χ2n) is 8.68. The minimum Gasteiger partial charge on any atom is -0.381 e. The largest absolute Gasteiger partial charge is 0.469 e. The van der Waals surface area contributed by atoms with E-state index in [4.69, 9.17) is 14.5 Å². The summed E-state index contributed by atoms with van der Waals surface area (Å²) in [5.74, 6) is 0. The molecular formula is C18H39O5P. The zero-order valence-corrected chi connectivity index (χ0v) is 17.2. The molecule has 0 aromatic heterocycles. The highest BCUT2D eigenvalue weighted by molar-refractivity contribution is 7.46. The summed E-state index contributed by atoms with van der Waals surface area (Å²) in [7, 11) is -4.32. The lowest BCUT2D eigenvalue weighted by molar-refractivity contribution is 0.120. The molecule has 0 spiro atoms. The third-order valence-corrected chi connectivity index (χ3v) is 4.63. The van der Waals surface area contributed by atoms with Gasteiger partial charge in [0.25, 0.3) is 0 Å². The van der Waals surface area contributed by atoms with Gasteiger partial charge in [-0.2, -0.15) is 0 Å². The van der Waals surface area contributed by atoms with Gasteiger partial charge in [0.05, 0.1) is 6.61 Å². The molecule has 0 aromatic carbocycles. The molecule has 0 fully saturated rings. The zero-order valence-electron chi connectivity index (χ0n) is 16.3. The maximum absolute atomic E-state index is 10.6. The first-order valence-corrected chi connectivity index (χ1v) is 10.7. The van der Waals surface area contributed by atoms with E-state index < -0.39 is 7.82 Å². The highest BCUT2D eigenvalue weighted by Gasteiger charge is 2.18. The number of ether oxygens (including phenoxy) is 1. The van der Waals surface area contributed by atoms with Crippen molar-refractivity contribution < 1.29 is 23.6 Å². The lowest BCUT2D eigenvalue weighted by atomic mass is 9.83. The van der Waals surface area contributed by atoms with E-state index in [2.05, 4.69) is 39.1 Å². The maximum Gasteiger partial charge on any atom is 0.469 e. The minimum atomic E-state index is -4.32. The third-order valence-electron chi connectivity index (χ3n) is 4.12. The van der Waals surface area contributed by atoms with E-state index in [0.717, 1.165) is 45.3 Å². The molecule has 24 heavy (non-hydrogen) atoms. The van der Waals surface area contributed by atoms with Crippen molar-refractivity contribution in [1.82, 2.24) is 0 Å². The van der Waals surface area contributed by atoms with Gasteiger partial charge in [-0.3, -0.25) is 4.52 Å². The SMILES string of the molecule is CC(C)(C)CCCCOCCCCC(C)(C)CCCOP(=O)(O)O. The van der Waals surface area contributed by atoms with E-state index in [1.807, 2.05) is 0 Å². The van der Waals surface area contributed by atoms with Crippen LogP contribution in [0.2, 0.25) is 0 Å². The number of phosphoric ester groups is 1. The molecule has 6 heteroatoms. The van der Waals surface area contributed by atoms with Gasteiger partial charge in [-0.1, -0.05) is 47.5 Å². The quantitative estimate of drug-likeness (QED) is 0.322. The molecule has 0 radical (unpaired) electrons. The van der Waals surface area contributed by atoms with Gasteiger partial charge in [0.2, 0.25) is 0 Å². The number of hydrogen-bond donors (Lipinski definition) is 2. The third kappa shape index (κ3) is 18.4. The van der Waals surface area contributed by atoms with Gasteiger partial charge in [-0.05, 0) is 49.4 Å². The fraction of sp³-hybridized carbons (Fsp3) is 1.00. The van der Waals surface area contributed by atoms with E-state index >= 15 is 0 Å². The topological polar surface area (TPSA) is 76.0 Å². The number of unbranched alkanes of at least 4 members (excludes halogenated alkanes) is 2. The summed E-state index contributed by atoms with van der Waals surface area (Å²) in [6.45, 7) is 13.0. The number of hydrogen-bond acceptors (Lipinski definition) is 3. The second-order valence-corrected chi connectivity index (χ2v) is 9.92. The number of phosphoric acid groups is 1. The molecule has 5 nitrogen and oxygen atoms in total. The first-order chi connectivity index (χ1) is 10.9. The maximum atomic E-state index is 10.6. The number of rotatable bonds is 14. The molecule has 0 bridgehead atoms. The first-order valence-electron chi connectivity index (χ1n) is 9.19. The predicted octanol–water partition coefficient (Wildman–Crippen LogP) is 5.31. The van der Waals surface area contributed by atoms with Crippen LogP contribution in [0, 0.1) is 10.8 Å². The van der Waals surface area contributed by atoms with E-state index in [0.29, 0.717) is 11.8 Å². The molecule has 0 unspecified atom stereocenters. The molecule has 0 aliphatic heterocycles. The van der Waals surface area contributed by atoms with Crippen LogP contribution in [-0.2, 0) is 13.8 Å². The van der Waals surface area contributed by atoms with Gasteiger partial charge in [-0.15, -0.1) is 0 Å². The van der Waals surface area contributed by atoms with Crippen LogP contribution in [0.15, 0.2) is 0 Å². The van der Waals surface area contributed by atoms with Crippen molar-refractivity contribution in [2.45, 2.75) is 86.0 Å². The molecule has 0 atom stereocenters. The Labute approximate surface area is 148 Å². The fourth-order valence-corrected chi connectivity index (χ4v) is 3.00. The zero-order chi connectivity index (χ0) is 18.7. The van der Waals surface area contributed by atoms with Gasteiger partial charge in [0.1, 0.15) is 0 Å². The first kappa shape index (κ1) is 24.1. The molecule has 146 valence electrons. The Bertz CT molecular complexity index is 357. The van der Waals surface area contributed by atoms with E-state index in [1.54, 1.807) is 0 Å². The van der Waals surface area contributed by atoms with Crippen molar-refractivity contribution in [3.8, 4) is 0 Å². The highest BCUT2D eigenvalue weighted by atomic mass is 31.2. The van der Waals surface area contributed by atoms with Crippen molar-refractivity contribution in [3.05, 3.63) is 0 Å². The molecule has 0 aromatic rings. The van der Waals surface area contributed by atoms with Crippen LogP contribution in [0.1, 0.15) is 86.0 Å². The Morgan fingerprint density at radius 2 is 1.25 bits per heavy atom. The van der Waals surface area contributed by atoms with Crippen LogP contribution < -0.4 is 0 Å². The van der Waals surface area contributed by atoms with Crippen molar-refractivity contribution in [2.24, 2.45) is 10.8 Å². The minimum absolute atomic E-state index is 0.116. The van der Waals surface area contributed by atoms with Crippen LogP contribution in [0.25, 0.3) is 0 Å². The van der Waals surface area contributed by atoms with Crippen LogP contribution in [-0.4, -0.2) is 29.6 Å². The Hall–Kier alpha value is 0.0700. The Kier molecular flexibility index (Phi) is 11.7. The van der Waals surface area contributed by atoms with E-state index in [1.165, 1.54) is 12.8 Å². The molecule has 0 heterocycles. The van der Waals surface area contributed by atoms with Crippen LogP contribution in [0.5, 0.6) is 0 Å². The summed E-state index contributed by atoms with van der Waals surface area (Å²) in [5.41, 5.74) is 0.590. The average molecular weight is 366 g/mol. The lowest BCUT2D eigenvalue weighted by Gasteiger charge is -2.24. The summed E-state index contributed by atoms with van der Waals surface area (Å²) in [5, 5.41) is 0. The Morgan fingerprint density at radius 3 is 1.75 bits per heavy atom. The summed E-state index contributed by atoms with van der Waals surface area (Å²) in [6, 6.07) is 0. The molecule has 0 saturated carbocycles. The van der Waals surface area contributed by atoms with Gasteiger partial charge < -0.3 is 14.5 Å². The highest BCUT2D eigenvalue weighted by Crippen LogP contribution is 2.37. The second kappa shape index (κ2) is 11.6. The van der Waals surface area contributed by atoms with E-state index in [-0.39, 0.29) is 12.0 Å². The van der Waals surface area contributed by atoms with Crippen molar-refractivity contribution in [3.63, 3.8) is 0 Å². The van der Waals surface area contributed by atoms with Crippen molar-refractivity contribution >= 4 is 7.82 Å². The van der Waals surface area contributed by atoms with Crippen LogP contribution in [0.4, 0.5) is 0 Å². The monoisotopic (exact) mass is 366 g/mol. The van der Waals surface area contributed by atoms with Gasteiger partial charge in [-0.25, -0.2) is 4.57 Å². The molecule has 0 rings (SSSR count). The van der Waals surface area contributed by atoms with Crippen LogP contribution >= 0.6 is 7.82 Å². The molecular weight excluding hydrogens is 327 g/mol. The average Bonchev–Trinajstić information content (AvgIpc) is 2.39. The summed E-state index contributed by atoms with van der Waals surface area (Å²) >= 11 is 0. The summed E-state index contributed by atoms with van der Waals surface area (Å²) in [6.07, 6.45) is 8.47. The van der Waals surface area contributed by atoms with E-state index in [9.17, 15) is 4.57 Å². The molecule has 2 N–H and O–H groups in total. The molecule has 0 saturated heterocycles. The van der Waals surface area contributed by atoms with Gasteiger partial charge >= 0.3 is 7.82 Å². The standard InChI is InChI=1S/C18H39O5P/c1-17(2,3)11-6-8-14-22-15-9-7-12-18(4,5)13-10-16-23-24(19,20)21/h6-16H2,1-5H3,(H2,19,20,21). The summed E-state index contributed by atoms with van der Waals surface area (Å²) in [4.78, 5) is 17.3. The normalized spacial score (nSPS) is 13.5. The Morgan fingerprint density at radius 1 is 0.750 bits per heavy atom.